The summed E-state index contributed by atoms with van der Waals surface area (Å²) in [5.41, 5.74) is 0.0434. The minimum atomic E-state index is -1.20. The number of carbonyl (C=O) groups is 2. The van der Waals surface area contributed by atoms with Gasteiger partial charge in [0.15, 0.2) is 11.6 Å². The molecular formula is C18H17Cl2F2N3O2. The van der Waals surface area contributed by atoms with E-state index in [9.17, 15) is 18.4 Å². The highest BCUT2D eigenvalue weighted by atomic mass is 35.5. The first-order chi connectivity index (χ1) is 12.6. The van der Waals surface area contributed by atoms with Crippen molar-refractivity contribution in [2.75, 3.05) is 18.9 Å². The number of nitrogens with one attached hydrogen (secondary N) is 1. The van der Waals surface area contributed by atoms with Gasteiger partial charge in [0.25, 0.3) is 0 Å². The van der Waals surface area contributed by atoms with Gasteiger partial charge < -0.3 is 10.2 Å². The molecule has 1 aromatic rings. The van der Waals surface area contributed by atoms with Crippen LogP contribution in [0.5, 0.6) is 0 Å². The van der Waals surface area contributed by atoms with Crippen molar-refractivity contribution in [1.82, 2.24) is 4.90 Å². The number of amides is 2. The number of likely N-dealkylation sites (tertiary alicyclic amines) is 1. The highest BCUT2D eigenvalue weighted by Crippen LogP contribution is 2.32. The van der Waals surface area contributed by atoms with Crippen molar-refractivity contribution in [3.8, 4) is 0 Å². The second-order valence-electron chi connectivity index (χ2n) is 6.04. The number of hydrogen-bond donors (Lipinski definition) is 1. The van der Waals surface area contributed by atoms with Crippen LogP contribution in [-0.4, -0.2) is 35.5 Å². The third-order valence-electron chi connectivity index (χ3n) is 4.05. The second-order valence-corrected chi connectivity index (χ2v) is 6.98. The van der Waals surface area contributed by atoms with Crippen LogP contribution >= 0.6 is 23.2 Å². The summed E-state index contributed by atoms with van der Waals surface area (Å²) in [6, 6.07) is 3.39. The Morgan fingerprint density at radius 1 is 1.41 bits per heavy atom. The summed E-state index contributed by atoms with van der Waals surface area (Å²) >= 11 is 11.6. The van der Waals surface area contributed by atoms with E-state index in [0.717, 1.165) is 6.07 Å². The molecule has 9 heteroatoms. The van der Waals surface area contributed by atoms with Gasteiger partial charge >= 0.3 is 0 Å². The number of benzene rings is 1. The normalized spacial score (nSPS) is 20.8. The van der Waals surface area contributed by atoms with Crippen LogP contribution in [0.1, 0.15) is 6.92 Å². The summed E-state index contributed by atoms with van der Waals surface area (Å²) in [7, 11) is 1.53. The molecule has 0 unspecified atom stereocenters. The van der Waals surface area contributed by atoms with Gasteiger partial charge in [0, 0.05) is 19.5 Å². The average Bonchev–Trinajstić information content (AvgIpc) is 2.86. The lowest BCUT2D eigenvalue weighted by Crippen LogP contribution is -2.33. The van der Waals surface area contributed by atoms with E-state index in [0.29, 0.717) is 5.57 Å². The van der Waals surface area contributed by atoms with Gasteiger partial charge in [-0.15, -0.1) is 0 Å². The third kappa shape index (κ3) is 4.93. The lowest BCUT2D eigenvalue weighted by atomic mass is 9.88. The molecule has 1 aliphatic heterocycles. The number of rotatable bonds is 5. The maximum absolute atomic E-state index is 13.8. The molecule has 0 aliphatic carbocycles. The highest BCUT2D eigenvalue weighted by molar-refractivity contribution is 6.65. The van der Waals surface area contributed by atoms with Crippen molar-refractivity contribution >= 4 is 45.9 Å². The van der Waals surface area contributed by atoms with E-state index in [2.05, 4.69) is 16.9 Å². The molecule has 0 bridgehead atoms. The van der Waals surface area contributed by atoms with E-state index in [1.807, 2.05) is 0 Å². The minimum absolute atomic E-state index is 0.0461. The van der Waals surface area contributed by atoms with Crippen molar-refractivity contribution in [3.05, 3.63) is 53.2 Å². The van der Waals surface area contributed by atoms with Crippen LogP contribution in [0.4, 0.5) is 14.5 Å². The molecule has 0 radical (unpaired) electrons. The van der Waals surface area contributed by atoms with Gasteiger partial charge in [0.05, 0.1) is 5.69 Å². The van der Waals surface area contributed by atoms with Crippen LogP contribution in [0.25, 0.3) is 0 Å². The van der Waals surface area contributed by atoms with Gasteiger partial charge in [0.2, 0.25) is 11.8 Å². The van der Waals surface area contributed by atoms with Gasteiger partial charge in [-0.3, -0.25) is 9.59 Å². The van der Waals surface area contributed by atoms with Gasteiger partial charge in [-0.25, -0.2) is 13.8 Å². The Morgan fingerprint density at radius 3 is 2.70 bits per heavy atom. The van der Waals surface area contributed by atoms with Crippen molar-refractivity contribution in [1.29, 1.82) is 0 Å². The fourth-order valence-electron chi connectivity index (χ4n) is 2.78. The standard InChI is InChI=1S/C18H17Cl2F2N3O2/c1-9(7-14(20)23-10(2)19)11-8-25(3)18(27)15(11)17(26)24-13-6-4-5-12(21)16(13)22/h4-7,11,15H,1,8H2,2-3H3,(H,24,26)/b14-7-,23-10+/t11-,15+/m0/s1. The molecule has 2 rings (SSSR count). The molecular weight excluding hydrogens is 399 g/mol. The molecule has 5 nitrogen and oxygen atoms in total. The van der Waals surface area contributed by atoms with Crippen molar-refractivity contribution in [2.45, 2.75) is 6.92 Å². The van der Waals surface area contributed by atoms with Crippen LogP contribution in [0.3, 0.4) is 0 Å². The Kier molecular flexibility index (Phi) is 6.73. The molecule has 1 N–H and O–H groups in total. The molecule has 2 atom stereocenters. The Labute approximate surface area is 165 Å². The Hall–Kier alpha value is -2.25. The maximum Gasteiger partial charge on any atom is 0.237 e. The lowest BCUT2D eigenvalue weighted by Gasteiger charge is -2.17. The van der Waals surface area contributed by atoms with Gasteiger partial charge in [-0.05, 0) is 30.7 Å². The zero-order chi connectivity index (χ0) is 20.3. The first-order valence-corrected chi connectivity index (χ1v) is 8.64. The molecule has 1 heterocycles. The van der Waals surface area contributed by atoms with E-state index in [-0.39, 0.29) is 22.6 Å². The van der Waals surface area contributed by atoms with Crippen LogP contribution in [0, 0.1) is 23.5 Å². The topological polar surface area (TPSA) is 61.8 Å². The number of hydrogen-bond acceptors (Lipinski definition) is 3. The maximum atomic E-state index is 13.8. The molecule has 1 aliphatic rings. The van der Waals surface area contributed by atoms with Crippen LogP contribution in [0.15, 0.2) is 46.6 Å². The largest absolute Gasteiger partial charge is 0.344 e. The van der Waals surface area contributed by atoms with E-state index in [4.69, 9.17) is 23.2 Å². The molecule has 1 saturated heterocycles. The fourth-order valence-corrected chi connectivity index (χ4v) is 3.18. The number of anilines is 1. The second kappa shape index (κ2) is 8.63. The molecule has 27 heavy (non-hydrogen) atoms. The van der Waals surface area contributed by atoms with E-state index >= 15 is 0 Å². The molecule has 2 amide bonds. The van der Waals surface area contributed by atoms with Crippen LogP contribution < -0.4 is 5.32 Å². The van der Waals surface area contributed by atoms with Gasteiger partial charge in [-0.1, -0.05) is 35.8 Å². The Morgan fingerprint density at radius 2 is 2.07 bits per heavy atom. The molecule has 0 saturated carbocycles. The first kappa shape index (κ1) is 21.1. The van der Waals surface area contributed by atoms with Crippen molar-refractivity contribution in [3.63, 3.8) is 0 Å². The quantitative estimate of drug-likeness (QED) is 0.343. The summed E-state index contributed by atoms with van der Waals surface area (Å²) < 4.78 is 27.2. The Bertz CT molecular complexity index is 851. The smallest absolute Gasteiger partial charge is 0.237 e. The fraction of sp³-hybridized carbons (Fsp3) is 0.278. The predicted octanol–water partition coefficient (Wildman–Crippen LogP) is 3.90. The van der Waals surface area contributed by atoms with E-state index in [1.54, 1.807) is 0 Å². The van der Waals surface area contributed by atoms with Crippen molar-refractivity contribution < 1.29 is 18.4 Å². The third-order valence-corrected chi connectivity index (χ3v) is 4.33. The molecule has 0 aromatic heterocycles. The van der Waals surface area contributed by atoms with Gasteiger partial charge in [-0.2, -0.15) is 0 Å². The number of allylic oxidation sites excluding steroid dienone is 1. The molecule has 1 fully saturated rings. The number of aliphatic imine (C=N–C) groups is 1. The summed E-state index contributed by atoms with van der Waals surface area (Å²) in [5.74, 6) is -5.30. The summed E-state index contributed by atoms with van der Waals surface area (Å²) in [6.07, 6.45) is 1.41. The lowest BCUT2D eigenvalue weighted by molar-refractivity contribution is -0.135. The van der Waals surface area contributed by atoms with Crippen LogP contribution in [-0.2, 0) is 9.59 Å². The summed E-state index contributed by atoms with van der Waals surface area (Å²) in [4.78, 5) is 30.2. The monoisotopic (exact) mass is 415 g/mol. The average molecular weight is 416 g/mol. The number of nitrogens with zero attached hydrogens (tertiary/aromatic N) is 2. The van der Waals surface area contributed by atoms with E-state index in [1.165, 1.54) is 37.1 Å². The summed E-state index contributed by atoms with van der Waals surface area (Å²) in [5, 5.41) is 2.52. The molecule has 0 spiro atoms. The zero-order valence-electron chi connectivity index (χ0n) is 14.6. The number of halogens is 4. The van der Waals surface area contributed by atoms with Crippen LogP contribution in [0.2, 0.25) is 0 Å². The first-order valence-electron chi connectivity index (χ1n) is 7.88. The predicted molar refractivity (Wildman–Crippen MR) is 102 cm³/mol. The number of carbonyl (C=O) groups excluding carboxylic acids is 2. The SMILES string of the molecule is C=C(/C=C(Cl)\N=C(/C)Cl)[C@@H]1CN(C)C(=O)[C@H]1C(=O)Nc1cccc(F)c1F. The summed E-state index contributed by atoms with van der Waals surface area (Å²) in [6.45, 7) is 5.61. The zero-order valence-corrected chi connectivity index (χ0v) is 16.1. The molecule has 144 valence electrons. The minimum Gasteiger partial charge on any atom is -0.344 e. The van der Waals surface area contributed by atoms with Crippen molar-refractivity contribution in [2.24, 2.45) is 16.8 Å². The van der Waals surface area contributed by atoms with Gasteiger partial charge in [0.1, 0.15) is 16.2 Å². The molecule has 1 aromatic carbocycles. The van der Waals surface area contributed by atoms with E-state index < -0.39 is 35.3 Å². The Balaban J connectivity index is 2.27. The highest BCUT2D eigenvalue weighted by Gasteiger charge is 2.44.